The van der Waals surface area contributed by atoms with Crippen LogP contribution in [0.3, 0.4) is 0 Å². The zero-order valence-corrected chi connectivity index (χ0v) is 13.2. The summed E-state index contributed by atoms with van der Waals surface area (Å²) in [4.78, 5) is 4.46. The van der Waals surface area contributed by atoms with Crippen LogP contribution >= 0.6 is 0 Å². The first-order valence-corrected chi connectivity index (χ1v) is 7.96. The number of nitrogens with two attached hydrogens (primary N) is 1. The number of hydrogen-bond acceptors (Lipinski definition) is 6. The highest BCUT2D eigenvalue weighted by Gasteiger charge is 2.24. The van der Waals surface area contributed by atoms with E-state index in [9.17, 15) is 0 Å². The second-order valence-electron chi connectivity index (χ2n) is 5.82. The largest absolute Gasteiger partial charge is 0.383 e. The fourth-order valence-electron chi connectivity index (χ4n) is 2.86. The quantitative estimate of drug-likeness (QED) is 0.913. The van der Waals surface area contributed by atoms with Gasteiger partial charge in [0.05, 0.1) is 17.9 Å². The van der Waals surface area contributed by atoms with Gasteiger partial charge in [0, 0.05) is 7.05 Å². The van der Waals surface area contributed by atoms with Crippen molar-refractivity contribution in [3.8, 4) is 11.4 Å². The van der Waals surface area contributed by atoms with Crippen LogP contribution in [-0.2, 0) is 11.8 Å². The summed E-state index contributed by atoms with van der Waals surface area (Å²) < 4.78 is 13.1. The molecule has 0 spiro atoms. The highest BCUT2D eigenvalue weighted by molar-refractivity contribution is 5.67. The smallest absolute Gasteiger partial charge is 0.256 e. The van der Waals surface area contributed by atoms with Gasteiger partial charge < -0.3 is 15.0 Å². The second-order valence-corrected chi connectivity index (χ2v) is 5.82. The summed E-state index contributed by atoms with van der Waals surface area (Å²) in [7, 11) is 1.78. The van der Waals surface area contributed by atoms with Crippen molar-refractivity contribution in [1.29, 1.82) is 0 Å². The Bertz CT molecular complexity index is 615. The predicted octanol–water partition coefficient (Wildman–Crippen LogP) is 2.85. The van der Waals surface area contributed by atoms with Gasteiger partial charge in [-0.05, 0) is 19.3 Å². The maximum atomic E-state index is 6.16. The molecule has 0 bridgehead atoms. The molecule has 120 valence electrons. The lowest BCUT2D eigenvalue weighted by molar-refractivity contribution is -0.0468. The van der Waals surface area contributed by atoms with E-state index < -0.39 is 0 Å². The Hall–Kier alpha value is -1.89. The van der Waals surface area contributed by atoms with E-state index >= 15 is 0 Å². The molecule has 0 aliphatic heterocycles. The van der Waals surface area contributed by atoms with Crippen LogP contribution in [0.4, 0.5) is 5.82 Å². The number of aromatic nitrogens is 4. The van der Waals surface area contributed by atoms with Crippen molar-refractivity contribution in [3.63, 3.8) is 0 Å². The number of nitrogens with zero attached hydrogens (tertiary/aromatic N) is 4. The van der Waals surface area contributed by atoms with Gasteiger partial charge in [-0.3, -0.25) is 4.68 Å². The monoisotopic (exact) mass is 305 g/mol. The summed E-state index contributed by atoms with van der Waals surface area (Å²) in [6.45, 7) is 2.07. The van der Waals surface area contributed by atoms with Crippen molar-refractivity contribution in [2.75, 3.05) is 5.73 Å². The lowest BCUT2D eigenvalue weighted by atomic mass is 9.97. The van der Waals surface area contributed by atoms with Crippen molar-refractivity contribution in [3.05, 3.63) is 12.1 Å². The third-order valence-electron chi connectivity index (χ3n) is 4.22. The Balaban J connectivity index is 1.74. The minimum absolute atomic E-state index is 0.151. The minimum atomic E-state index is -0.151. The fourth-order valence-corrected chi connectivity index (χ4v) is 2.86. The molecule has 22 heavy (non-hydrogen) atoms. The molecule has 1 atom stereocenters. The minimum Gasteiger partial charge on any atom is -0.383 e. The van der Waals surface area contributed by atoms with Gasteiger partial charge in [0.15, 0.2) is 0 Å². The third kappa shape index (κ3) is 2.99. The molecule has 2 aromatic rings. The molecule has 7 heteroatoms. The standard InChI is InChI=1S/C15H23N5O2/c1-3-12(21-10-7-5-4-6-8-10)15-18-14(19-22-15)11-9-17-20(2)13(11)16/h9-10,12H,3-8,16H2,1-2H3/t12-/m0/s1. The number of anilines is 1. The molecule has 1 aliphatic carbocycles. The van der Waals surface area contributed by atoms with Crippen molar-refractivity contribution >= 4 is 5.82 Å². The summed E-state index contributed by atoms with van der Waals surface area (Å²) in [5.74, 6) is 1.51. The van der Waals surface area contributed by atoms with E-state index in [0.29, 0.717) is 29.2 Å². The fraction of sp³-hybridized carbons (Fsp3) is 0.667. The molecule has 0 unspecified atom stereocenters. The molecule has 0 saturated heterocycles. The second kappa shape index (κ2) is 6.48. The van der Waals surface area contributed by atoms with Crippen LogP contribution in [0.1, 0.15) is 57.4 Å². The molecule has 2 N–H and O–H groups in total. The van der Waals surface area contributed by atoms with Gasteiger partial charge in [-0.15, -0.1) is 0 Å². The molecule has 2 heterocycles. The predicted molar refractivity (Wildman–Crippen MR) is 81.9 cm³/mol. The van der Waals surface area contributed by atoms with E-state index in [1.54, 1.807) is 17.9 Å². The summed E-state index contributed by atoms with van der Waals surface area (Å²) in [6.07, 6.45) is 8.62. The normalized spacial score (nSPS) is 17.7. The van der Waals surface area contributed by atoms with Gasteiger partial charge in [-0.2, -0.15) is 10.1 Å². The zero-order valence-electron chi connectivity index (χ0n) is 13.2. The first kappa shape index (κ1) is 15.0. The van der Waals surface area contributed by atoms with Crippen LogP contribution < -0.4 is 5.73 Å². The average Bonchev–Trinajstić information content (AvgIpc) is 3.14. The molecular weight excluding hydrogens is 282 g/mol. The molecule has 3 rings (SSSR count). The summed E-state index contributed by atoms with van der Waals surface area (Å²) in [5.41, 5.74) is 6.63. The van der Waals surface area contributed by atoms with E-state index in [2.05, 4.69) is 22.2 Å². The molecule has 1 saturated carbocycles. The van der Waals surface area contributed by atoms with E-state index in [1.165, 1.54) is 19.3 Å². The van der Waals surface area contributed by atoms with Gasteiger partial charge in [0.25, 0.3) is 5.89 Å². The van der Waals surface area contributed by atoms with Gasteiger partial charge in [0.2, 0.25) is 5.82 Å². The highest BCUT2D eigenvalue weighted by Crippen LogP contribution is 2.30. The van der Waals surface area contributed by atoms with Crippen LogP contribution in [0.15, 0.2) is 10.7 Å². The Labute approximate surface area is 129 Å². The van der Waals surface area contributed by atoms with Gasteiger partial charge in [-0.1, -0.05) is 31.3 Å². The zero-order chi connectivity index (χ0) is 15.5. The molecule has 7 nitrogen and oxygen atoms in total. The molecule has 2 aromatic heterocycles. The Morgan fingerprint density at radius 2 is 2.18 bits per heavy atom. The number of rotatable bonds is 5. The van der Waals surface area contributed by atoms with E-state index in [-0.39, 0.29) is 6.10 Å². The van der Waals surface area contributed by atoms with Crippen LogP contribution in [0, 0.1) is 0 Å². The van der Waals surface area contributed by atoms with Crippen LogP contribution in [0.2, 0.25) is 0 Å². The number of ether oxygens (including phenoxy) is 1. The summed E-state index contributed by atoms with van der Waals surface area (Å²) >= 11 is 0. The topological polar surface area (TPSA) is 92.0 Å². The SMILES string of the molecule is CC[C@H](OC1CCCCC1)c1nc(-c2cnn(C)c2N)no1. The van der Waals surface area contributed by atoms with E-state index in [0.717, 1.165) is 19.3 Å². The Kier molecular flexibility index (Phi) is 4.42. The van der Waals surface area contributed by atoms with Gasteiger partial charge in [0.1, 0.15) is 11.9 Å². The molecular formula is C15H23N5O2. The maximum Gasteiger partial charge on any atom is 0.256 e. The molecule has 1 aliphatic rings. The maximum absolute atomic E-state index is 6.16. The highest BCUT2D eigenvalue weighted by atomic mass is 16.5. The number of nitrogen functional groups attached to an aromatic ring is 1. The van der Waals surface area contributed by atoms with Crippen LogP contribution in [-0.4, -0.2) is 26.0 Å². The molecule has 1 fully saturated rings. The Morgan fingerprint density at radius 1 is 1.41 bits per heavy atom. The third-order valence-corrected chi connectivity index (χ3v) is 4.22. The average molecular weight is 305 g/mol. The van der Waals surface area contributed by atoms with Crippen molar-refractivity contribution < 1.29 is 9.26 Å². The molecule has 0 radical (unpaired) electrons. The number of hydrogen-bond donors (Lipinski definition) is 1. The van der Waals surface area contributed by atoms with E-state index in [1.807, 2.05) is 0 Å². The lowest BCUT2D eigenvalue weighted by Crippen LogP contribution is -2.19. The summed E-state index contributed by atoms with van der Waals surface area (Å²) in [6, 6.07) is 0. The first-order valence-electron chi connectivity index (χ1n) is 7.96. The Morgan fingerprint density at radius 3 is 2.82 bits per heavy atom. The van der Waals surface area contributed by atoms with Crippen LogP contribution in [0.5, 0.6) is 0 Å². The van der Waals surface area contributed by atoms with Gasteiger partial charge >= 0.3 is 0 Å². The summed E-state index contributed by atoms with van der Waals surface area (Å²) in [5, 5.41) is 8.12. The lowest BCUT2D eigenvalue weighted by Gasteiger charge is -2.25. The molecule has 0 amide bonds. The van der Waals surface area contributed by atoms with Gasteiger partial charge in [-0.25, -0.2) is 0 Å². The number of aryl methyl sites for hydroxylation is 1. The molecule has 0 aromatic carbocycles. The first-order chi connectivity index (χ1) is 10.7. The van der Waals surface area contributed by atoms with Crippen molar-refractivity contribution in [2.45, 2.75) is 57.7 Å². The van der Waals surface area contributed by atoms with Crippen molar-refractivity contribution in [1.82, 2.24) is 19.9 Å². The van der Waals surface area contributed by atoms with Crippen LogP contribution in [0.25, 0.3) is 11.4 Å². The van der Waals surface area contributed by atoms with Crippen molar-refractivity contribution in [2.24, 2.45) is 7.05 Å². The van der Waals surface area contributed by atoms with E-state index in [4.69, 9.17) is 15.0 Å².